The van der Waals surface area contributed by atoms with E-state index >= 15 is 0 Å². The minimum atomic E-state index is -0.341. The Morgan fingerprint density at radius 2 is 2.00 bits per heavy atom. The van der Waals surface area contributed by atoms with E-state index in [1.807, 2.05) is 30.5 Å². The van der Waals surface area contributed by atoms with Crippen LogP contribution in [0.3, 0.4) is 0 Å². The van der Waals surface area contributed by atoms with Crippen molar-refractivity contribution in [3.63, 3.8) is 0 Å². The van der Waals surface area contributed by atoms with E-state index in [0.717, 1.165) is 24.4 Å². The summed E-state index contributed by atoms with van der Waals surface area (Å²) >= 11 is 1.31. The highest BCUT2D eigenvalue weighted by Crippen LogP contribution is 2.28. The van der Waals surface area contributed by atoms with Crippen LogP contribution in [-0.4, -0.2) is 70.9 Å². The van der Waals surface area contributed by atoms with Crippen LogP contribution in [-0.2, 0) is 16.0 Å². The van der Waals surface area contributed by atoms with Gasteiger partial charge in [-0.05, 0) is 44.5 Å². The minimum Gasteiger partial charge on any atom is -0.385 e. The highest BCUT2D eigenvalue weighted by Gasteiger charge is 2.23. The second-order valence-electron chi connectivity index (χ2n) is 8.19. The second-order valence-corrected chi connectivity index (χ2v) is 9.13. The maximum Gasteiger partial charge on any atom is 0.232 e. The minimum absolute atomic E-state index is 0.0257. The Hall–Kier alpha value is -2.69. The summed E-state index contributed by atoms with van der Waals surface area (Å²) in [5.41, 5.74) is 3.35. The number of morpholine rings is 1. The topological polar surface area (TPSA) is 74.4 Å². The number of aromatic nitrogens is 4. The molecule has 0 saturated carbocycles. The fourth-order valence-electron chi connectivity index (χ4n) is 4.17. The monoisotopic (exact) mass is 487 g/mol. The zero-order chi connectivity index (χ0) is 24.1. The number of hydrogen-bond acceptors (Lipinski definition) is 7. The van der Waals surface area contributed by atoms with Crippen LogP contribution in [0.15, 0.2) is 35.5 Å². The van der Waals surface area contributed by atoms with Crippen molar-refractivity contribution in [2.45, 2.75) is 32.0 Å². The lowest BCUT2D eigenvalue weighted by molar-refractivity contribution is 0.102. The van der Waals surface area contributed by atoms with E-state index in [2.05, 4.69) is 19.7 Å². The number of ether oxygens (including phenoxy) is 2. The number of hydrogen-bond donors (Lipinski definition) is 0. The van der Waals surface area contributed by atoms with Gasteiger partial charge < -0.3 is 18.9 Å². The highest BCUT2D eigenvalue weighted by atomic mass is 32.2. The predicted molar refractivity (Wildman–Crippen MR) is 130 cm³/mol. The lowest BCUT2D eigenvalue weighted by Crippen LogP contribution is -2.37. The molecule has 0 radical (unpaired) electrons. The third kappa shape index (κ3) is 5.34. The number of nitrogens with zero attached hydrogens (tertiary/aromatic N) is 5. The smallest absolute Gasteiger partial charge is 0.232 e. The second kappa shape index (κ2) is 11.2. The van der Waals surface area contributed by atoms with E-state index in [1.54, 1.807) is 13.2 Å². The van der Waals surface area contributed by atoms with Crippen molar-refractivity contribution in [1.82, 2.24) is 19.3 Å². The van der Waals surface area contributed by atoms with Gasteiger partial charge in [-0.1, -0.05) is 17.8 Å². The van der Waals surface area contributed by atoms with Crippen LogP contribution in [0.5, 0.6) is 0 Å². The summed E-state index contributed by atoms with van der Waals surface area (Å²) in [4.78, 5) is 15.2. The molecule has 1 aliphatic heterocycles. The van der Waals surface area contributed by atoms with E-state index in [9.17, 15) is 9.18 Å². The van der Waals surface area contributed by atoms with Gasteiger partial charge in [0.25, 0.3) is 0 Å². The molecule has 1 saturated heterocycles. The summed E-state index contributed by atoms with van der Waals surface area (Å²) in [7, 11) is 1.69. The summed E-state index contributed by atoms with van der Waals surface area (Å²) in [6.45, 7) is 8.01. The third-order valence-corrected chi connectivity index (χ3v) is 6.84. The molecular weight excluding hydrogens is 457 g/mol. The summed E-state index contributed by atoms with van der Waals surface area (Å²) < 4.78 is 28.6. The molecule has 0 amide bonds. The van der Waals surface area contributed by atoms with Crippen LogP contribution in [0.1, 0.15) is 28.2 Å². The van der Waals surface area contributed by atoms with Crippen molar-refractivity contribution in [3.8, 4) is 5.69 Å². The molecule has 0 aliphatic carbocycles. The molecular formula is C24H30FN5O3S. The van der Waals surface area contributed by atoms with E-state index < -0.39 is 0 Å². The first-order valence-corrected chi connectivity index (χ1v) is 12.3. The highest BCUT2D eigenvalue weighted by molar-refractivity contribution is 7.99. The third-order valence-electron chi connectivity index (χ3n) is 5.91. The Labute approximate surface area is 203 Å². The quantitative estimate of drug-likeness (QED) is 0.245. The Kier molecular flexibility index (Phi) is 8.02. The molecule has 0 bridgehead atoms. The molecule has 182 valence electrons. The molecule has 3 heterocycles. The van der Waals surface area contributed by atoms with Crippen LogP contribution in [0.2, 0.25) is 0 Å². The number of anilines is 1. The van der Waals surface area contributed by atoms with Crippen molar-refractivity contribution >= 4 is 23.5 Å². The Balaban J connectivity index is 1.56. The van der Waals surface area contributed by atoms with Gasteiger partial charge in [0.2, 0.25) is 5.95 Å². The fourth-order valence-corrected chi connectivity index (χ4v) is 5.00. The largest absolute Gasteiger partial charge is 0.385 e. The van der Waals surface area contributed by atoms with Crippen molar-refractivity contribution in [1.29, 1.82) is 0 Å². The molecule has 1 aliphatic rings. The molecule has 34 heavy (non-hydrogen) atoms. The van der Waals surface area contributed by atoms with Gasteiger partial charge in [0.05, 0.1) is 24.7 Å². The summed E-state index contributed by atoms with van der Waals surface area (Å²) in [5, 5.41) is 9.30. The first kappa shape index (κ1) is 24.4. The van der Waals surface area contributed by atoms with Crippen LogP contribution < -0.4 is 4.90 Å². The zero-order valence-electron chi connectivity index (χ0n) is 19.8. The van der Waals surface area contributed by atoms with Gasteiger partial charge in [-0.25, -0.2) is 4.39 Å². The number of halogens is 1. The molecule has 2 aromatic heterocycles. The van der Waals surface area contributed by atoms with Crippen LogP contribution in [0.4, 0.5) is 10.3 Å². The lowest BCUT2D eigenvalue weighted by atomic mass is 10.2. The normalized spacial score (nSPS) is 14.1. The SMILES string of the molecule is COCCCn1c(C)cc(C(=O)CSc2nnc(N3CCOCC3)n2-c2cccc(F)c2)c1C. The number of ketones is 1. The van der Waals surface area contributed by atoms with Crippen LogP contribution >= 0.6 is 11.8 Å². The van der Waals surface area contributed by atoms with Gasteiger partial charge in [0.15, 0.2) is 10.9 Å². The van der Waals surface area contributed by atoms with Gasteiger partial charge in [-0.2, -0.15) is 0 Å². The van der Waals surface area contributed by atoms with Gasteiger partial charge in [0.1, 0.15) is 5.82 Å². The maximum absolute atomic E-state index is 14.0. The number of carbonyl (C=O) groups is 1. The summed E-state index contributed by atoms with van der Waals surface area (Å²) in [6.07, 6.45) is 0.885. The van der Waals surface area contributed by atoms with Crippen LogP contribution in [0, 0.1) is 19.7 Å². The molecule has 3 aromatic rings. The van der Waals surface area contributed by atoms with Gasteiger partial charge >= 0.3 is 0 Å². The molecule has 10 heteroatoms. The van der Waals surface area contributed by atoms with Crippen molar-refractivity contribution in [2.24, 2.45) is 0 Å². The zero-order valence-corrected chi connectivity index (χ0v) is 20.6. The van der Waals surface area contributed by atoms with Crippen molar-refractivity contribution < 1.29 is 18.7 Å². The first-order valence-electron chi connectivity index (χ1n) is 11.3. The average molecular weight is 488 g/mol. The molecule has 0 unspecified atom stereocenters. The number of aryl methyl sites for hydroxylation is 1. The van der Waals surface area contributed by atoms with Crippen molar-refractivity contribution in [3.05, 3.63) is 53.1 Å². The maximum atomic E-state index is 14.0. The molecule has 0 atom stereocenters. The number of rotatable bonds is 10. The number of Topliss-reactive ketones (excluding diaryl/α,β-unsaturated/α-hetero) is 1. The first-order chi connectivity index (χ1) is 16.5. The molecule has 1 fully saturated rings. The lowest BCUT2D eigenvalue weighted by Gasteiger charge is -2.27. The van der Waals surface area contributed by atoms with E-state index in [1.165, 1.54) is 23.9 Å². The average Bonchev–Trinajstić information content (AvgIpc) is 3.39. The standard InChI is InChI=1S/C24H30FN5O3S/c1-17-14-21(18(2)29(17)8-5-11-32-3)22(31)16-34-24-27-26-23(28-9-12-33-13-10-28)30(24)20-7-4-6-19(25)15-20/h4,6-7,14-15H,5,8-13,16H2,1-3H3. The van der Waals surface area contributed by atoms with Gasteiger partial charge in [-0.15, -0.1) is 10.2 Å². The fraction of sp³-hybridized carbons (Fsp3) is 0.458. The molecule has 0 N–H and O–H groups in total. The Morgan fingerprint density at radius 3 is 2.74 bits per heavy atom. The van der Waals surface area contributed by atoms with Crippen LogP contribution in [0.25, 0.3) is 5.69 Å². The summed E-state index contributed by atoms with van der Waals surface area (Å²) in [6, 6.07) is 8.27. The predicted octanol–water partition coefficient (Wildman–Crippen LogP) is 3.67. The van der Waals surface area contributed by atoms with E-state index in [0.29, 0.717) is 55.3 Å². The number of methoxy groups -OCH3 is 1. The Morgan fingerprint density at radius 1 is 1.21 bits per heavy atom. The number of thioether (sulfide) groups is 1. The van der Waals surface area contributed by atoms with Crippen molar-refractivity contribution in [2.75, 3.05) is 50.7 Å². The van der Waals surface area contributed by atoms with Gasteiger partial charge in [-0.3, -0.25) is 9.36 Å². The molecule has 1 aromatic carbocycles. The molecule has 0 spiro atoms. The molecule has 8 nitrogen and oxygen atoms in total. The summed E-state index contributed by atoms with van der Waals surface area (Å²) in [5.74, 6) is 0.517. The van der Waals surface area contributed by atoms with E-state index in [4.69, 9.17) is 9.47 Å². The Bertz CT molecular complexity index is 1140. The van der Waals surface area contributed by atoms with Gasteiger partial charge in [0, 0.05) is 50.3 Å². The number of carbonyl (C=O) groups excluding carboxylic acids is 1. The molecule has 4 rings (SSSR count). The van der Waals surface area contributed by atoms with E-state index in [-0.39, 0.29) is 17.4 Å². The number of benzene rings is 1.